The number of H-pyrrole nitrogens is 1. The van der Waals surface area contributed by atoms with Crippen LogP contribution in [0, 0.1) is 0 Å². The maximum atomic E-state index is 12.7. The highest BCUT2D eigenvalue weighted by Crippen LogP contribution is 2.22. The minimum Gasteiger partial charge on any atom is -0.386 e. The molecule has 0 aliphatic heterocycles. The van der Waals surface area contributed by atoms with E-state index in [-0.39, 0.29) is 5.91 Å². The molecule has 0 bridgehead atoms. The van der Waals surface area contributed by atoms with Crippen molar-refractivity contribution < 1.29 is 9.90 Å². The molecule has 2 aromatic heterocycles. The number of nitrogens with zero attached hydrogens (tertiary/aromatic N) is 2. The summed E-state index contributed by atoms with van der Waals surface area (Å²) in [6.45, 7) is 1.79. The fourth-order valence-electron chi connectivity index (χ4n) is 3.43. The number of aliphatic hydroxyl groups excluding tert-OH is 1. The number of rotatable bonds is 7. The first-order chi connectivity index (χ1) is 15.1. The summed E-state index contributed by atoms with van der Waals surface area (Å²) in [7, 11) is 0. The second-order valence-corrected chi connectivity index (χ2v) is 7.47. The van der Waals surface area contributed by atoms with Crippen molar-refractivity contribution >= 4 is 17.4 Å². The lowest BCUT2D eigenvalue weighted by Crippen LogP contribution is -2.42. The number of nitrogens with one attached hydrogen (secondary N) is 3. The maximum absolute atomic E-state index is 12.7. The molecule has 1 aliphatic carbocycles. The molecule has 2 heterocycles. The van der Waals surface area contributed by atoms with Gasteiger partial charge in [0.1, 0.15) is 17.8 Å². The number of benzene rings is 1. The summed E-state index contributed by atoms with van der Waals surface area (Å²) >= 11 is 0. The first-order valence-corrected chi connectivity index (χ1v) is 10.3. The second kappa shape index (κ2) is 9.40. The normalized spacial score (nSPS) is 15.1. The highest BCUT2D eigenvalue weighted by molar-refractivity contribution is 5.94. The molecule has 0 radical (unpaired) electrons. The fourth-order valence-corrected chi connectivity index (χ4v) is 3.43. The number of carbonyl (C=O) groups excluding carboxylic acids is 1. The lowest BCUT2D eigenvalue weighted by atomic mass is 9.98. The van der Waals surface area contributed by atoms with Gasteiger partial charge in [0.05, 0.1) is 17.8 Å². The van der Waals surface area contributed by atoms with Crippen molar-refractivity contribution in [2.45, 2.75) is 31.9 Å². The van der Waals surface area contributed by atoms with Crippen LogP contribution in [0.2, 0.25) is 0 Å². The van der Waals surface area contributed by atoms with Crippen LogP contribution in [0.15, 0.2) is 78.8 Å². The van der Waals surface area contributed by atoms with Crippen LogP contribution in [-0.4, -0.2) is 38.1 Å². The van der Waals surface area contributed by atoms with Crippen molar-refractivity contribution in [2.24, 2.45) is 0 Å². The van der Waals surface area contributed by atoms with Crippen molar-refractivity contribution in [3.8, 4) is 11.3 Å². The standard InChI is InChI=1S/C24H25N5O2/c1-16(23(30)17-8-4-2-5-9-17)28-24(31)21-12-18(14-25-21)20-13-22(27-15-26-20)29-19-10-6-3-7-11-19/h3-4,6-16,23,25,30H,2,5H2,1H3,(H,28,31)(H,26,27,29). The van der Waals surface area contributed by atoms with Gasteiger partial charge in [0.15, 0.2) is 0 Å². The molecule has 3 aromatic rings. The number of aliphatic hydroxyl groups is 1. The van der Waals surface area contributed by atoms with Crippen molar-refractivity contribution in [3.05, 3.63) is 84.5 Å². The van der Waals surface area contributed by atoms with Crippen molar-refractivity contribution in [1.29, 1.82) is 0 Å². The number of hydrogen-bond donors (Lipinski definition) is 4. The van der Waals surface area contributed by atoms with Crippen LogP contribution >= 0.6 is 0 Å². The summed E-state index contributed by atoms with van der Waals surface area (Å²) in [5.74, 6) is 0.379. The highest BCUT2D eigenvalue weighted by Gasteiger charge is 2.21. The van der Waals surface area contributed by atoms with Gasteiger partial charge >= 0.3 is 0 Å². The van der Waals surface area contributed by atoms with Gasteiger partial charge in [-0.15, -0.1) is 0 Å². The van der Waals surface area contributed by atoms with E-state index in [4.69, 9.17) is 0 Å². The molecule has 0 saturated heterocycles. The van der Waals surface area contributed by atoms with E-state index in [9.17, 15) is 9.90 Å². The van der Waals surface area contributed by atoms with Crippen LogP contribution in [-0.2, 0) is 0 Å². The molecule has 1 amide bonds. The van der Waals surface area contributed by atoms with Gasteiger partial charge in [-0.25, -0.2) is 9.97 Å². The van der Waals surface area contributed by atoms with E-state index in [0.717, 1.165) is 29.7 Å². The van der Waals surface area contributed by atoms with Crippen LogP contribution in [0.3, 0.4) is 0 Å². The number of anilines is 2. The van der Waals surface area contributed by atoms with E-state index in [1.807, 2.05) is 54.6 Å². The van der Waals surface area contributed by atoms with E-state index >= 15 is 0 Å². The molecule has 158 valence electrons. The van der Waals surface area contributed by atoms with Gasteiger partial charge in [-0.05, 0) is 43.5 Å². The maximum Gasteiger partial charge on any atom is 0.268 e. The van der Waals surface area contributed by atoms with Crippen LogP contribution in [0.4, 0.5) is 11.5 Å². The lowest BCUT2D eigenvalue weighted by molar-refractivity contribution is 0.0885. The number of hydrogen-bond acceptors (Lipinski definition) is 5. The average molecular weight is 415 g/mol. The number of aromatic amines is 1. The molecule has 7 nitrogen and oxygen atoms in total. The average Bonchev–Trinajstić information content (AvgIpc) is 3.31. The number of aromatic nitrogens is 3. The quantitative estimate of drug-likeness (QED) is 0.468. The monoisotopic (exact) mass is 415 g/mol. The molecule has 0 fully saturated rings. The third kappa shape index (κ3) is 5.07. The third-order valence-electron chi connectivity index (χ3n) is 5.13. The van der Waals surface area contributed by atoms with Gasteiger partial charge in [0, 0.05) is 23.5 Å². The Hall–Kier alpha value is -3.71. The highest BCUT2D eigenvalue weighted by atomic mass is 16.3. The van der Waals surface area contributed by atoms with Gasteiger partial charge in [0.2, 0.25) is 0 Å². The predicted octanol–water partition coefficient (Wildman–Crippen LogP) is 3.97. The summed E-state index contributed by atoms with van der Waals surface area (Å²) in [5.41, 5.74) is 3.63. The van der Waals surface area contributed by atoms with Gasteiger partial charge < -0.3 is 20.7 Å². The zero-order valence-electron chi connectivity index (χ0n) is 17.2. The first kappa shape index (κ1) is 20.6. The molecule has 0 spiro atoms. The summed E-state index contributed by atoms with van der Waals surface area (Å²) in [5, 5.41) is 16.6. The zero-order chi connectivity index (χ0) is 21.6. The van der Waals surface area contributed by atoms with Crippen LogP contribution in [0.25, 0.3) is 11.3 Å². The lowest BCUT2D eigenvalue weighted by Gasteiger charge is -2.22. The SMILES string of the molecule is CC(NC(=O)c1cc(-c2cc(Nc3ccccc3)ncn2)c[nH]1)C(O)C1=CCCC=C1. The summed E-state index contributed by atoms with van der Waals surface area (Å²) in [6, 6.07) is 12.9. The summed E-state index contributed by atoms with van der Waals surface area (Å²) < 4.78 is 0. The Balaban J connectivity index is 1.43. The minimum absolute atomic E-state index is 0.283. The number of para-hydroxylation sites is 1. The number of allylic oxidation sites excluding steroid dienone is 2. The zero-order valence-corrected chi connectivity index (χ0v) is 17.2. The molecule has 1 aliphatic rings. The summed E-state index contributed by atoms with van der Waals surface area (Å²) in [4.78, 5) is 24.2. The van der Waals surface area contributed by atoms with E-state index in [1.165, 1.54) is 6.33 Å². The van der Waals surface area contributed by atoms with Gasteiger partial charge in [-0.1, -0.05) is 36.4 Å². The summed E-state index contributed by atoms with van der Waals surface area (Å²) in [6.07, 6.45) is 10.3. The molecule has 31 heavy (non-hydrogen) atoms. The molecule has 0 saturated carbocycles. The van der Waals surface area contributed by atoms with Crippen LogP contribution < -0.4 is 10.6 Å². The Morgan fingerprint density at radius 2 is 2.00 bits per heavy atom. The van der Waals surface area contributed by atoms with E-state index in [0.29, 0.717) is 17.2 Å². The number of carbonyl (C=O) groups is 1. The van der Waals surface area contributed by atoms with E-state index in [1.54, 1.807) is 19.2 Å². The van der Waals surface area contributed by atoms with Crippen molar-refractivity contribution in [3.63, 3.8) is 0 Å². The van der Waals surface area contributed by atoms with Gasteiger partial charge in [-0.2, -0.15) is 0 Å². The Bertz CT molecular complexity index is 1100. The topological polar surface area (TPSA) is 103 Å². The number of amides is 1. The largest absolute Gasteiger partial charge is 0.386 e. The van der Waals surface area contributed by atoms with Crippen molar-refractivity contribution in [1.82, 2.24) is 20.3 Å². The first-order valence-electron chi connectivity index (χ1n) is 10.3. The molecular formula is C24H25N5O2. The molecule has 2 unspecified atom stereocenters. The Labute approximate surface area is 181 Å². The molecule has 4 rings (SSSR count). The van der Waals surface area contributed by atoms with Crippen molar-refractivity contribution in [2.75, 3.05) is 5.32 Å². The Kier molecular flexibility index (Phi) is 6.24. The molecule has 2 atom stereocenters. The Morgan fingerprint density at radius 1 is 1.16 bits per heavy atom. The molecular weight excluding hydrogens is 390 g/mol. The Morgan fingerprint density at radius 3 is 2.77 bits per heavy atom. The fraction of sp³-hybridized carbons (Fsp3) is 0.208. The molecule has 4 N–H and O–H groups in total. The predicted molar refractivity (Wildman–Crippen MR) is 121 cm³/mol. The van der Waals surface area contributed by atoms with E-state index < -0.39 is 12.1 Å². The third-order valence-corrected chi connectivity index (χ3v) is 5.13. The smallest absolute Gasteiger partial charge is 0.268 e. The van der Waals surface area contributed by atoms with Gasteiger partial charge in [-0.3, -0.25) is 4.79 Å². The molecule has 1 aromatic carbocycles. The van der Waals surface area contributed by atoms with Gasteiger partial charge in [0.25, 0.3) is 5.91 Å². The van der Waals surface area contributed by atoms with Crippen LogP contribution in [0.1, 0.15) is 30.3 Å². The second-order valence-electron chi connectivity index (χ2n) is 7.47. The van der Waals surface area contributed by atoms with Crippen LogP contribution in [0.5, 0.6) is 0 Å². The van der Waals surface area contributed by atoms with E-state index in [2.05, 4.69) is 25.6 Å². The molecule has 7 heteroatoms. The minimum atomic E-state index is -0.747.